The summed E-state index contributed by atoms with van der Waals surface area (Å²) in [6.45, 7) is 4.89. The smallest absolute Gasteiger partial charge is 0.336 e. The van der Waals surface area contributed by atoms with Crippen LogP contribution in [0.3, 0.4) is 0 Å². The minimum absolute atomic E-state index is 0.0820. The molecule has 10 nitrogen and oxygen atoms in total. The van der Waals surface area contributed by atoms with Gasteiger partial charge in [0.2, 0.25) is 5.88 Å². The summed E-state index contributed by atoms with van der Waals surface area (Å²) in [7, 11) is 1.55. The zero-order valence-corrected chi connectivity index (χ0v) is 26.4. The van der Waals surface area contributed by atoms with Gasteiger partial charge < -0.3 is 24.1 Å². The number of pyridine rings is 1. The quantitative estimate of drug-likeness (QED) is 0.164. The van der Waals surface area contributed by atoms with Crippen LogP contribution in [0.15, 0.2) is 71.8 Å². The normalized spacial score (nSPS) is 13.7. The van der Waals surface area contributed by atoms with Gasteiger partial charge in [-0.1, -0.05) is 29.3 Å². The van der Waals surface area contributed by atoms with Gasteiger partial charge in [-0.15, -0.1) is 0 Å². The topological polar surface area (TPSA) is 100 Å². The van der Waals surface area contributed by atoms with Crippen LogP contribution < -0.4 is 19.9 Å². The molecule has 6 rings (SSSR count). The van der Waals surface area contributed by atoms with Gasteiger partial charge in [-0.05, 0) is 48.4 Å². The zero-order valence-electron chi connectivity index (χ0n) is 24.9. The molecular weight excluding hydrogens is 638 g/mol. The molecule has 0 amide bonds. The highest BCUT2D eigenvalue weighted by atomic mass is 35.5. The Morgan fingerprint density at radius 1 is 0.978 bits per heavy atom. The summed E-state index contributed by atoms with van der Waals surface area (Å²) in [5.74, 6) is 0.215. The molecule has 0 saturated carbocycles. The number of rotatable bonds is 11. The van der Waals surface area contributed by atoms with E-state index in [0.717, 1.165) is 49.9 Å². The van der Waals surface area contributed by atoms with Crippen LogP contribution in [0.2, 0.25) is 10.0 Å². The van der Waals surface area contributed by atoms with E-state index in [2.05, 4.69) is 9.88 Å². The van der Waals surface area contributed by atoms with Crippen molar-refractivity contribution < 1.29 is 28.4 Å². The maximum Gasteiger partial charge on any atom is 0.336 e. The Morgan fingerprint density at radius 3 is 2.57 bits per heavy atom. The van der Waals surface area contributed by atoms with Crippen LogP contribution in [0.1, 0.15) is 12.0 Å². The van der Waals surface area contributed by atoms with Crippen molar-refractivity contribution in [2.45, 2.75) is 13.0 Å². The SMILES string of the molecule is COc1cc2c(Oc3ccc(-n4c(O)cn(Cc5ccc(Cl)c(Cl)c5)c4=O)cc3F)ccnc2cc1OCCCN1CCOCC1. The summed E-state index contributed by atoms with van der Waals surface area (Å²) < 4.78 is 40.7. The molecule has 0 radical (unpaired) electrons. The lowest BCUT2D eigenvalue weighted by molar-refractivity contribution is 0.0357. The molecule has 0 aliphatic carbocycles. The van der Waals surface area contributed by atoms with E-state index in [1.54, 1.807) is 49.7 Å². The molecule has 2 aromatic heterocycles. The summed E-state index contributed by atoms with van der Waals surface area (Å²) in [4.78, 5) is 19.9. The number of aromatic nitrogens is 3. The summed E-state index contributed by atoms with van der Waals surface area (Å²) in [6.07, 6.45) is 3.68. The highest BCUT2D eigenvalue weighted by molar-refractivity contribution is 6.42. The summed E-state index contributed by atoms with van der Waals surface area (Å²) in [5.41, 5.74) is 0.838. The summed E-state index contributed by atoms with van der Waals surface area (Å²) in [6, 6.07) is 14.1. The Kier molecular flexibility index (Phi) is 9.64. The number of ether oxygens (including phenoxy) is 4. The molecule has 1 aliphatic rings. The number of methoxy groups -OCH3 is 1. The first-order chi connectivity index (χ1) is 22.3. The number of benzene rings is 3. The monoisotopic (exact) mass is 668 g/mol. The molecule has 5 aromatic rings. The number of hydrogen-bond donors (Lipinski definition) is 1. The van der Waals surface area contributed by atoms with Crippen molar-refractivity contribution in [1.29, 1.82) is 0 Å². The van der Waals surface area contributed by atoms with Gasteiger partial charge in [0.05, 0.1) is 60.9 Å². The minimum atomic E-state index is -0.738. The second-order valence-corrected chi connectivity index (χ2v) is 11.5. The Morgan fingerprint density at radius 2 is 1.80 bits per heavy atom. The van der Waals surface area contributed by atoms with Crippen molar-refractivity contribution in [3.05, 3.63) is 98.9 Å². The molecule has 3 heterocycles. The molecule has 0 atom stereocenters. The molecule has 1 fully saturated rings. The standard InChI is InChI=1S/C33H31Cl2FN4O6/c1-43-30-17-23-27(18-31(30)45-12-2-9-38-10-13-44-14-11-38)37-8-7-28(23)46-29-6-4-22(16-26(29)36)40-32(41)20-39(33(40)42)19-21-3-5-24(34)25(35)15-21/h3-8,15-18,20,41H,2,9-14,19H2,1H3. The van der Waals surface area contributed by atoms with Gasteiger partial charge in [0.15, 0.2) is 23.1 Å². The molecule has 1 saturated heterocycles. The lowest BCUT2D eigenvalue weighted by Crippen LogP contribution is -2.37. The van der Waals surface area contributed by atoms with Crippen LogP contribution in [0.5, 0.6) is 28.9 Å². The van der Waals surface area contributed by atoms with Crippen LogP contribution in [-0.4, -0.2) is 70.7 Å². The lowest BCUT2D eigenvalue weighted by atomic mass is 10.1. The van der Waals surface area contributed by atoms with Crippen molar-refractivity contribution in [1.82, 2.24) is 19.0 Å². The molecule has 240 valence electrons. The number of halogens is 3. The summed E-state index contributed by atoms with van der Waals surface area (Å²) >= 11 is 12.1. The van der Waals surface area contributed by atoms with E-state index >= 15 is 4.39 Å². The third-order valence-electron chi connectivity index (χ3n) is 7.63. The van der Waals surface area contributed by atoms with Crippen LogP contribution >= 0.6 is 23.2 Å². The Hall–Kier alpha value is -4.29. The van der Waals surface area contributed by atoms with E-state index in [4.69, 9.17) is 42.1 Å². The van der Waals surface area contributed by atoms with Gasteiger partial charge in [-0.2, -0.15) is 0 Å². The average Bonchev–Trinajstić information content (AvgIpc) is 3.33. The zero-order chi connectivity index (χ0) is 32.2. The molecule has 46 heavy (non-hydrogen) atoms. The largest absolute Gasteiger partial charge is 0.493 e. The van der Waals surface area contributed by atoms with Gasteiger partial charge in [-0.25, -0.2) is 13.8 Å². The van der Waals surface area contributed by atoms with Crippen LogP contribution in [0.25, 0.3) is 16.6 Å². The van der Waals surface area contributed by atoms with E-state index in [0.29, 0.717) is 50.4 Å². The molecule has 1 aliphatic heterocycles. The first kappa shape index (κ1) is 31.7. The van der Waals surface area contributed by atoms with E-state index in [1.807, 2.05) is 0 Å². The molecule has 0 spiro atoms. The maximum absolute atomic E-state index is 15.4. The Bertz CT molecular complexity index is 1930. The fraction of sp³-hybridized carbons (Fsp3) is 0.273. The third-order valence-corrected chi connectivity index (χ3v) is 8.37. The number of hydrogen-bond acceptors (Lipinski definition) is 8. The van der Waals surface area contributed by atoms with Crippen molar-refractivity contribution in [3.63, 3.8) is 0 Å². The molecule has 13 heteroatoms. The number of nitrogens with zero attached hydrogens (tertiary/aromatic N) is 4. The van der Waals surface area contributed by atoms with Gasteiger partial charge >= 0.3 is 5.69 Å². The van der Waals surface area contributed by atoms with Crippen LogP contribution in [0, 0.1) is 5.82 Å². The van der Waals surface area contributed by atoms with Crippen molar-refractivity contribution in [2.24, 2.45) is 0 Å². The van der Waals surface area contributed by atoms with Gasteiger partial charge in [0.1, 0.15) is 5.75 Å². The second-order valence-electron chi connectivity index (χ2n) is 10.7. The molecule has 1 N–H and O–H groups in total. The molecule has 0 bridgehead atoms. The minimum Gasteiger partial charge on any atom is -0.493 e. The fourth-order valence-corrected chi connectivity index (χ4v) is 5.61. The Labute approximate surface area is 274 Å². The highest BCUT2D eigenvalue weighted by Gasteiger charge is 2.18. The Balaban J connectivity index is 1.19. The molecule has 3 aromatic carbocycles. The first-order valence-electron chi connectivity index (χ1n) is 14.6. The molecule has 0 unspecified atom stereocenters. The van der Waals surface area contributed by atoms with E-state index in [9.17, 15) is 9.90 Å². The van der Waals surface area contributed by atoms with Crippen LogP contribution in [0.4, 0.5) is 4.39 Å². The van der Waals surface area contributed by atoms with Crippen molar-refractivity contribution >= 4 is 34.1 Å². The number of fused-ring (bicyclic) bond motifs is 1. The van der Waals surface area contributed by atoms with Gasteiger partial charge in [0, 0.05) is 43.4 Å². The van der Waals surface area contributed by atoms with Crippen LogP contribution in [-0.2, 0) is 11.3 Å². The van der Waals surface area contributed by atoms with Crippen molar-refractivity contribution in [2.75, 3.05) is 46.6 Å². The predicted molar refractivity (Wildman–Crippen MR) is 173 cm³/mol. The average molecular weight is 670 g/mol. The lowest BCUT2D eigenvalue weighted by Gasteiger charge is -2.26. The fourth-order valence-electron chi connectivity index (χ4n) is 5.28. The van der Waals surface area contributed by atoms with Gasteiger partial charge in [0.25, 0.3) is 0 Å². The third kappa shape index (κ3) is 6.92. The predicted octanol–water partition coefficient (Wildman–Crippen LogP) is 6.29. The van der Waals surface area contributed by atoms with Crippen molar-refractivity contribution in [3.8, 4) is 34.6 Å². The van der Waals surface area contributed by atoms with Gasteiger partial charge in [-0.3, -0.25) is 14.5 Å². The van der Waals surface area contributed by atoms with E-state index < -0.39 is 11.5 Å². The molecular formula is C33H31Cl2FN4O6. The maximum atomic E-state index is 15.4. The first-order valence-corrected chi connectivity index (χ1v) is 15.4. The second kappa shape index (κ2) is 14.0. The number of aromatic hydroxyl groups is 1. The van der Waals surface area contributed by atoms with E-state index in [1.165, 1.54) is 22.9 Å². The van der Waals surface area contributed by atoms with E-state index in [-0.39, 0.29) is 23.9 Å². The number of morpholine rings is 1. The summed E-state index contributed by atoms with van der Waals surface area (Å²) in [5, 5.41) is 11.9. The highest BCUT2D eigenvalue weighted by Crippen LogP contribution is 2.38. The number of imidazole rings is 1.